The lowest BCUT2D eigenvalue weighted by Crippen LogP contribution is -1.87. The van der Waals surface area contributed by atoms with Crippen LogP contribution < -0.4 is 0 Å². The lowest BCUT2D eigenvalue weighted by molar-refractivity contribution is 1.50. The zero-order valence-corrected chi connectivity index (χ0v) is 20.6. The van der Waals surface area contributed by atoms with Crippen LogP contribution in [-0.4, -0.2) is 0 Å². The van der Waals surface area contributed by atoms with Crippen molar-refractivity contribution in [3.8, 4) is 22.3 Å². The Labute approximate surface area is 215 Å². The van der Waals surface area contributed by atoms with Crippen molar-refractivity contribution in [2.75, 3.05) is 0 Å². The highest BCUT2D eigenvalue weighted by atomic mass is 14.2. The fourth-order valence-electron chi connectivity index (χ4n) is 6.12. The summed E-state index contributed by atoms with van der Waals surface area (Å²) < 4.78 is 0. The first kappa shape index (κ1) is 20.5. The molecule has 0 atom stereocenters. The third kappa shape index (κ3) is 3.16. The van der Waals surface area contributed by atoms with Crippen LogP contribution in [0.1, 0.15) is 5.56 Å². The van der Waals surface area contributed by atoms with Gasteiger partial charge >= 0.3 is 0 Å². The second-order valence-corrected chi connectivity index (χ2v) is 10.3. The summed E-state index contributed by atoms with van der Waals surface area (Å²) in [4.78, 5) is 0. The first-order valence-electron chi connectivity index (χ1n) is 12.9. The first-order valence-corrected chi connectivity index (χ1v) is 12.9. The third-order valence-electron chi connectivity index (χ3n) is 8.01. The van der Waals surface area contributed by atoms with Crippen molar-refractivity contribution in [2.45, 2.75) is 6.92 Å². The minimum Gasteiger partial charge on any atom is -0.0610 e. The molecule has 0 fully saturated rings. The van der Waals surface area contributed by atoms with Crippen LogP contribution in [-0.2, 0) is 0 Å². The van der Waals surface area contributed by atoms with Gasteiger partial charge in [0.25, 0.3) is 0 Å². The van der Waals surface area contributed by atoms with Gasteiger partial charge in [0.05, 0.1) is 0 Å². The molecule has 172 valence electrons. The van der Waals surface area contributed by atoms with Gasteiger partial charge in [-0.2, -0.15) is 0 Å². The number of fused-ring (bicyclic) bond motifs is 2. The normalized spacial score (nSPS) is 11.9. The molecule has 0 aliphatic heterocycles. The number of rotatable bonds is 2. The molecule has 8 aromatic rings. The standard InChI is InChI=1S/C37H24/c1-23-5-6-28-20-29(10-9-27(28)19-23)30-11-12-32-22-33(14-13-31(32)21-30)34-17-15-26-8-7-24-3-2-4-25-16-18-35(34)37(26)36(24)25/h2-22H,1H3. The van der Waals surface area contributed by atoms with E-state index in [0.717, 1.165) is 0 Å². The quantitative estimate of drug-likeness (QED) is 0.221. The lowest BCUT2D eigenvalue weighted by Gasteiger charge is -2.14. The van der Waals surface area contributed by atoms with Gasteiger partial charge in [-0.25, -0.2) is 0 Å². The van der Waals surface area contributed by atoms with Crippen LogP contribution in [0.4, 0.5) is 0 Å². The molecule has 37 heavy (non-hydrogen) atoms. The largest absolute Gasteiger partial charge is 0.0610 e. The predicted octanol–water partition coefficient (Wildman–Crippen LogP) is 10.5. The van der Waals surface area contributed by atoms with E-state index in [0.29, 0.717) is 0 Å². The third-order valence-corrected chi connectivity index (χ3v) is 8.01. The van der Waals surface area contributed by atoms with Crippen molar-refractivity contribution in [3.63, 3.8) is 0 Å². The molecule has 0 spiro atoms. The molecule has 0 nitrogen and oxygen atoms in total. The summed E-state index contributed by atoms with van der Waals surface area (Å²) in [6, 6.07) is 47.4. The van der Waals surface area contributed by atoms with Gasteiger partial charge in [-0.3, -0.25) is 0 Å². The number of hydrogen-bond acceptors (Lipinski definition) is 0. The fourth-order valence-corrected chi connectivity index (χ4v) is 6.12. The molecule has 0 aliphatic rings. The van der Waals surface area contributed by atoms with E-state index >= 15 is 0 Å². The van der Waals surface area contributed by atoms with Crippen molar-refractivity contribution in [1.29, 1.82) is 0 Å². The topological polar surface area (TPSA) is 0 Å². The van der Waals surface area contributed by atoms with Crippen LogP contribution >= 0.6 is 0 Å². The smallest absolute Gasteiger partial charge is 0.00206 e. The molecular weight excluding hydrogens is 444 g/mol. The van der Waals surface area contributed by atoms with Crippen LogP contribution in [0, 0.1) is 6.92 Å². The number of hydrogen-bond donors (Lipinski definition) is 0. The van der Waals surface area contributed by atoms with Crippen molar-refractivity contribution in [3.05, 3.63) is 133 Å². The minimum atomic E-state index is 1.26. The first-order chi connectivity index (χ1) is 18.2. The van der Waals surface area contributed by atoms with Gasteiger partial charge in [0.15, 0.2) is 0 Å². The van der Waals surface area contributed by atoms with E-state index in [-0.39, 0.29) is 0 Å². The highest BCUT2D eigenvalue weighted by Crippen LogP contribution is 2.40. The van der Waals surface area contributed by atoms with E-state index in [4.69, 9.17) is 0 Å². The molecule has 0 saturated carbocycles. The number of benzene rings is 8. The van der Waals surface area contributed by atoms with E-state index in [1.165, 1.54) is 81.7 Å². The molecule has 0 aliphatic carbocycles. The Hall–Kier alpha value is -4.68. The Balaban J connectivity index is 1.26. The van der Waals surface area contributed by atoms with E-state index < -0.39 is 0 Å². The Morgan fingerprint density at radius 3 is 1.54 bits per heavy atom. The molecule has 0 bridgehead atoms. The average molecular weight is 469 g/mol. The lowest BCUT2D eigenvalue weighted by atomic mass is 9.89. The van der Waals surface area contributed by atoms with Crippen LogP contribution in [0.5, 0.6) is 0 Å². The molecule has 0 heterocycles. The summed E-state index contributed by atoms with van der Waals surface area (Å²) in [5, 5.41) is 13.1. The summed E-state index contributed by atoms with van der Waals surface area (Å²) in [7, 11) is 0. The zero-order valence-electron chi connectivity index (χ0n) is 20.6. The van der Waals surface area contributed by atoms with E-state index in [1.54, 1.807) is 0 Å². The van der Waals surface area contributed by atoms with Crippen LogP contribution in [0.25, 0.3) is 76.1 Å². The Kier molecular flexibility index (Phi) is 4.24. The summed E-state index contributed by atoms with van der Waals surface area (Å²) in [6.45, 7) is 2.15. The molecule has 8 aromatic carbocycles. The van der Waals surface area contributed by atoms with Crippen LogP contribution in [0.3, 0.4) is 0 Å². The van der Waals surface area contributed by atoms with Crippen molar-refractivity contribution in [2.24, 2.45) is 0 Å². The second kappa shape index (κ2) is 7.66. The van der Waals surface area contributed by atoms with Gasteiger partial charge in [0.1, 0.15) is 0 Å². The van der Waals surface area contributed by atoms with E-state index in [2.05, 4.69) is 134 Å². The molecule has 0 unspecified atom stereocenters. The van der Waals surface area contributed by atoms with Crippen molar-refractivity contribution >= 4 is 53.9 Å². The van der Waals surface area contributed by atoms with E-state index in [9.17, 15) is 0 Å². The maximum atomic E-state index is 2.34. The molecule has 0 radical (unpaired) electrons. The Morgan fingerprint density at radius 2 is 0.838 bits per heavy atom. The van der Waals surface area contributed by atoms with E-state index in [1.807, 2.05) is 0 Å². The van der Waals surface area contributed by atoms with Crippen LogP contribution in [0.15, 0.2) is 127 Å². The van der Waals surface area contributed by atoms with Crippen LogP contribution in [0.2, 0.25) is 0 Å². The molecule has 8 rings (SSSR count). The van der Waals surface area contributed by atoms with Gasteiger partial charge in [-0.05, 0) is 101 Å². The maximum Gasteiger partial charge on any atom is -0.00206 e. The summed E-state index contributed by atoms with van der Waals surface area (Å²) in [6.07, 6.45) is 0. The second-order valence-electron chi connectivity index (χ2n) is 10.3. The molecular formula is C37H24. The molecule has 0 N–H and O–H groups in total. The van der Waals surface area contributed by atoms with Crippen molar-refractivity contribution < 1.29 is 0 Å². The highest BCUT2D eigenvalue weighted by molar-refractivity contribution is 6.25. The van der Waals surface area contributed by atoms with Gasteiger partial charge in [0, 0.05) is 0 Å². The molecule has 0 saturated heterocycles. The van der Waals surface area contributed by atoms with Gasteiger partial charge in [-0.1, -0.05) is 115 Å². The Bertz CT molecular complexity index is 2130. The summed E-state index contributed by atoms with van der Waals surface area (Å²) >= 11 is 0. The molecule has 0 aromatic heterocycles. The number of aryl methyl sites for hydroxylation is 1. The summed E-state index contributed by atoms with van der Waals surface area (Å²) in [5.74, 6) is 0. The van der Waals surface area contributed by atoms with Gasteiger partial charge in [-0.15, -0.1) is 0 Å². The molecule has 0 heteroatoms. The minimum absolute atomic E-state index is 1.26. The summed E-state index contributed by atoms with van der Waals surface area (Å²) in [5.41, 5.74) is 6.37. The molecule has 0 amide bonds. The van der Waals surface area contributed by atoms with Gasteiger partial charge in [0.2, 0.25) is 0 Å². The highest BCUT2D eigenvalue weighted by Gasteiger charge is 2.12. The van der Waals surface area contributed by atoms with Gasteiger partial charge < -0.3 is 0 Å². The maximum absolute atomic E-state index is 2.34. The van der Waals surface area contributed by atoms with Crippen molar-refractivity contribution in [1.82, 2.24) is 0 Å². The zero-order chi connectivity index (χ0) is 24.5. The predicted molar refractivity (Wildman–Crippen MR) is 161 cm³/mol. The monoisotopic (exact) mass is 468 g/mol. The average Bonchev–Trinajstić information content (AvgIpc) is 2.95. The SMILES string of the molecule is Cc1ccc2cc(-c3ccc4cc(-c5ccc6ccc7cccc8ccc5c6c78)ccc4c3)ccc2c1. The fraction of sp³-hybridized carbons (Fsp3) is 0.0270. The Morgan fingerprint density at radius 1 is 0.351 bits per heavy atom.